The van der Waals surface area contributed by atoms with Gasteiger partial charge in [0.15, 0.2) is 0 Å². The molecule has 3 aromatic rings. The second kappa shape index (κ2) is 7.61. The van der Waals surface area contributed by atoms with Crippen LogP contribution in [0, 0.1) is 0 Å². The standard InChI is InChI=1S/C20H17Cl2NO/c1-2-11-24-20-10-7-14-5-3-4-6-16(14)17(20)13-23-19-9-8-15(21)12-18(19)22/h2-10,12,23H,1,11,13H2. The second-order valence-corrected chi connectivity index (χ2v) is 6.18. The van der Waals surface area contributed by atoms with E-state index in [4.69, 9.17) is 27.9 Å². The maximum atomic E-state index is 6.25. The molecular formula is C20H17Cl2NO. The predicted molar refractivity (Wildman–Crippen MR) is 103 cm³/mol. The Morgan fingerprint density at radius 2 is 1.88 bits per heavy atom. The summed E-state index contributed by atoms with van der Waals surface area (Å²) in [7, 11) is 0. The maximum Gasteiger partial charge on any atom is 0.125 e. The van der Waals surface area contributed by atoms with Crippen LogP contribution in [0.4, 0.5) is 5.69 Å². The molecule has 0 fully saturated rings. The van der Waals surface area contributed by atoms with Crippen molar-refractivity contribution in [3.63, 3.8) is 0 Å². The van der Waals surface area contributed by atoms with E-state index in [2.05, 4.69) is 30.1 Å². The summed E-state index contributed by atoms with van der Waals surface area (Å²) in [6, 6.07) is 17.7. The van der Waals surface area contributed by atoms with Crippen LogP contribution in [0.5, 0.6) is 5.75 Å². The Hall–Kier alpha value is -2.16. The number of fused-ring (bicyclic) bond motifs is 1. The quantitative estimate of drug-likeness (QED) is 0.520. The first-order valence-corrected chi connectivity index (χ1v) is 8.38. The molecule has 0 aliphatic carbocycles. The van der Waals surface area contributed by atoms with Crippen molar-refractivity contribution in [3.8, 4) is 5.75 Å². The number of hydrogen-bond donors (Lipinski definition) is 1. The second-order valence-electron chi connectivity index (χ2n) is 5.34. The Bertz CT molecular complexity index is 877. The van der Waals surface area contributed by atoms with Gasteiger partial charge in [-0.3, -0.25) is 0 Å². The van der Waals surface area contributed by atoms with Gasteiger partial charge in [0.25, 0.3) is 0 Å². The number of ether oxygens (including phenoxy) is 1. The minimum absolute atomic E-state index is 0.465. The molecule has 0 saturated carbocycles. The fourth-order valence-corrected chi connectivity index (χ4v) is 3.07. The molecule has 2 nitrogen and oxygen atoms in total. The van der Waals surface area contributed by atoms with Crippen molar-refractivity contribution in [2.24, 2.45) is 0 Å². The SMILES string of the molecule is C=CCOc1ccc2ccccc2c1CNc1ccc(Cl)cc1Cl. The van der Waals surface area contributed by atoms with Crippen LogP contribution in [0.15, 0.2) is 67.3 Å². The van der Waals surface area contributed by atoms with E-state index in [1.54, 1.807) is 12.1 Å². The zero-order valence-corrected chi connectivity index (χ0v) is 14.6. The number of rotatable bonds is 6. The van der Waals surface area contributed by atoms with Crippen LogP contribution in [0.3, 0.4) is 0 Å². The summed E-state index contributed by atoms with van der Waals surface area (Å²) in [5.41, 5.74) is 1.92. The summed E-state index contributed by atoms with van der Waals surface area (Å²) in [6.07, 6.45) is 1.74. The van der Waals surface area contributed by atoms with Crippen LogP contribution in [-0.4, -0.2) is 6.61 Å². The molecule has 0 aliphatic heterocycles. The molecule has 24 heavy (non-hydrogen) atoms. The molecule has 0 heterocycles. The lowest BCUT2D eigenvalue weighted by atomic mass is 10.0. The highest BCUT2D eigenvalue weighted by Crippen LogP contribution is 2.31. The van der Waals surface area contributed by atoms with Crippen LogP contribution in [0.25, 0.3) is 10.8 Å². The first-order valence-electron chi connectivity index (χ1n) is 7.62. The lowest BCUT2D eigenvalue weighted by Crippen LogP contribution is -2.05. The van der Waals surface area contributed by atoms with Gasteiger partial charge in [-0.05, 0) is 35.0 Å². The predicted octanol–water partition coefficient (Wildman–Crippen LogP) is 6.32. The molecule has 0 saturated heterocycles. The summed E-state index contributed by atoms with van der Waals surface area (Å²) in [5.74, 6) is 0.839. The Labute approximate surface area is 151 Å². The molecule has 0 amide bonds. The van der Waals surface area contributed by atoms with Crippen molar-refractivity contribution >= 4 is 39.7 Å². The van der Waals surface area contributed by atoms with E-state index in [0.29, 0.717) is 23.2 Å². The van der Waals surface area contributed by atoms with Gasteiger partial charge in [0.05, 0.1) is 10.7 Å². The monoisotopic (exact) mass is 357 g/mol. The molecule has 0 unspecified atom stereocenters. The molecule has 0 aliphatic rings. The van der Waals surface area contributed by atoms with Crippen molar-refractivity contribution in [1.29, 1.82) is 0 Å². The average molecular weight is 358 g/mol. The van der Waals surface area contributed by atoms with Gasteiger partial charge < -0.3 is 10.1 Å². The molecule has 0 aromatic heterocycles. The highest BCUT2D eigenvalue weighted by molar-refractivity contribution is 6.36. The van der Waals surface area contributed by atoms with Gasteiger partial charge in [0.2, 0.25) is 0 Å². The molecule has 3 rings (SSSR count). The van der Waals surface area contributed by atoms with E-state index >= 15 is 0 Å². The molecule has 1 N–H and O–H groups in total. The normalized spacial score (nSPS) is 10.6. The van der Waals surface area contributed by atoms with Gasteiger partial charge >= 0.3 is 0 Å². The third-order valence-electron chi connectivity index (χ3n) is 3.74. The molecule has 3 aromatic carbocycles. The first kappa shape index (κ1) is 16.7. The van der Waals surface area contributed by atoms with Crippen molar-refractivity contribution in [3.05, 3.63) is 82.9 Å². The topological polar surface area (TPSA) is 21.3 Å². The first-order chi connectivity index (χ1) is 11.7. The molecule has 0 bridgehead atoms. The zero-order chi connectivity index (χ0) is 16.9. The average Bonchev–Trinajstić information content (AvgIpc) is 2.59. The molecule has 0 radical (unpaired) electrons. The molecule has 4 heteroatoms. The third-order valence-corrected chi connectivity index (χ3v) is 4.29. The Morgan fingerprint density at radius 1 is 1.04 bits per heavy atom. The largest absolute Gasteiger partial charge is 0.489 e. The van der Waals surface area contributed by atoms with Crippen LogP contribution in [-0.2, 0) is 6.54 Å². The third kappa shape index (κ3) is 3.66. The van der Waals surface area contributed by atoms with Crippen LogP contribution in [0.2, 0.25) is 10.0 Å². The van der Waals surface area contributed by atoms with Gasteiger partial charge in [-0.1, -0.05) is 66.2 Å². The van der Waals surface area contributed by atoms with Gasteiger partial charge in [0.1, 0.15) is 12.4 Å². The molecule has 0 atom stereocenters. The van der Waals surface area contributed by atoms with E-state index in [-0.39, 0.29) is 0 Å². The summed E-state index contributed by atoms with van der Waals surface area (Å²) in [4.78, 5) is 0. The lowest BCUT2D eigenvalue weighted by Gasteiger charge is -2.15. The summed E-state index contributed by atoms with van der Waals surface area (Å²) < 4.78 is 5.82. The summed E-state index contributed by atoms with van der Waals surface area (Å²) >= 11 is 12.2. The highest BCUT2D eigenvalue weighted by atomic mass is 35.5. The van der Waals surface area contributed by atoms with E-state index in [9.17, 15) is 0 Å². The summed E-state index contributed by atoms with van der Waals surface area (Å²) in [5, 5.41) is 6.90. The van der Waals surface area contributed by atoms with E-state index in [1.807, 2.05) is 30.3 Å². The number of nitrogens with one attached hydrogen (secondary N) is 1. The fourth-order valence-electron chi connectivity index (χ4n) is 2.60. The van der Waals surface area contributed by atoms with Crippen LogP contribution >= 0.6 is 23.2 Å². The van der Waals surface area contributed by atoms with Gasteiger partial charge in [0, 0.05) is 17.1 Å². The Balaban J connectivity index is 1.95. The fraction of sp³-hybridized carbons (Fsp3) is 0.100. The van der Waals surface area contributed by atoms with Gasteiger partial charge in [-0.15, -0.1) is 0 Å². The van der Waals surface area contributed by atoms with Crippen molar-refractivity contribution in [2.45, 2.75) is 6.54 Å². The molecule has 122 valence electrons. The lowest BCUT2D eigenvalue weighted by molar-refractivity contribution is 0.360. The van der Waals surface area contributed by atoms with E-state index < -0.39 is 0 Å². The van der Waals surface area contributed by atoms with Gasteiger partial charge in [-0.2, -0.15) is 0 Å². The van der Waals surface area contributed by atoms with Crippen molar-refractivity contribution in [2.75, 3.05) is 11.9 Å². The van der Waals surface area contributed by atoms with Crippen molar-refractivity contribution < 1.29 is 4.74 Å². The number of hydrogen-bond acceptors (Lipinski definition) is 2. The van der Waals surface area contributed by atoms with E-state index in [1.165, 1.54) is 5.39 Å². The molecule has 0 spiro atoms. The van der Waals surface area contributed by atoms with Crippen LogP contribution in [0.1, 0.15) is 5.56 Å². The van der Waals surface area contributed by atoms with Crippen molar-refractivity contribution in [1.82, 2.24) is 0 Å². The van der Waals surface area contributed by atoms with Gasteiger partial charge in [-0.25, -0.2) is 0 Å². The summed E-state index contributed by atoms with van der Waals surface area (Å²) in [6.45, 7) is 4.77. The zero-order valence-electron chi connectivity index (χ0n) is 13.1. The highest BCUT2D eigenvalue weighted by Gasteiger charge is 2.10. The minimum atomic E-state index is 0.465. The number of halogens is 2. The maximum absolute atomic E-state index is 6.25. The molecular weight excluding hydrogens is 341 g/mol. The number of anilines is 1. The van der Waals surface area contributed by atoms with Crippen LogP contribution < -0.4 is 10.1 Å². The smallest absolute Gasteiger partial charge is 0.125 e. The minimum Gasteiger partial charge on any atom is -0.489 e. The van der Waals surface area contributed by atoms with E-state index in [0.717, 1.165) is 22.4 Å². The Morgan fingerprint density at radius 3 is 2.67 bits per heavy atom. The number of benzene rings is 3. The Kier molecular flexibility index (Phi) is 5.29.